The topological polar surface area (TPSA) is 62.5 Å². The summed E-state index contributed by atoms with van der Waals surface area (Å²) >= 11 is 0. The Kier molecular flexibility index (Phi) is 4.79. The van der Waals surface area contributed by atoms with Gasteiger partial charge < -0.3 is 10.2 Å². The van der Waals surface area contributed by atoms with Crippen molar-refractivity contribution in [2.24, 2.45) is 5.92 Å². The first-order chi connectivity index (χ1) is 13.1. The summed E-state index contributed by atoms with van der Waals surface area (Å²) in [6.07, 6.45) is 2.24. The van der Waals surface area contributed by atoms with Crippen LogP contribution in [0.4, 0.5) is 5.82 Å². The highest BCUT2D eigenvalue weighted by Gasteiger charge is 2.23. The van der Waals surface area contributed by atoms with E-state index in [1.54, 1.807) is 6.92 Å². The Morgan fingerprint density at radius 3 is 2.85 bits per heavy atom. The van der Waals surface area contributed by atoms with E-state index in [0.717, 1.165) is 60.9 Å². The summed E-state index contributed by atoms with van der Waals surface area (Å²) < 4.78 is 1.95. The molecule has 1 aromatic carbocycles. The zero-order valence-corrected chi connectivity index (χ0v) is 15.9. The third-order valence-corrected chi connectivity index (χ3v) is 5.08. The van der Waals surface area contributed by atoms with E-state index in [9.17, 15) is 4.79 Å². The molecule has 6 nitrogen and oxygen atoms in total. The molecule has 0 spiro atoms. The molecule has 1 fully saturated rings. The number of benzene rings is 1. The SMILES string of the molecule is CC(=O)NC[C@@H]1CCCN(c2cc(-c3ccccc3)nc3cc(C)nn23)C1. The van der Waals surface area contributed by atoms with Gasteiger partial charge >= 0.3 is 0 Å². The molecule has 0 radical (unpaired) electrons. The second-order valence-electron chi connectivity index (χ2n) is 7.31. The number of hydrogen-bond acceptors (Lipinski definition) is 4. The Morgan fingerprint density at radius 2 is 2.07 bits per heavy atom. The molecule has 3 heterocycles. The number of amides is 1. The molecule has 1 saturated heterocycles. The van der Waals surface area contributed by atoms with Crippen molar-refractivity contribution in [1.82, 2.24) is 19.9 Å². The first-order valence-corrected chi connectivity index (χ1v) is 9.52. The minimum absolute atomic E-state index is 0.0347. The predicted molar refractivity (Wildman–Crippen MR) is 107 cm³/mol. The van der Waals surface area contributed by atoms with Gasteiger partial charge in [-0.3, -0.25) is 4.79 Å². The molecule has 2 aromatic heterocycles. The summed E-state index contributed by atoms with van der Waals surface area (Å²) in [6, 6.07) is 14.4. The number of anilines is 1. The van der Waals surface area contributed by atoms with E-state index < -0.39 is 0 Å². The highest BCUT2D eigenvalue weighted by molar-refractivity contribution is 5.72. The first kappa shape index (κ1) is 17.5. The molecule has 0 aliphatic carbocycles. The molecular formula is C21H25N5O. The van der Waals surface area contributed by atoms with Crippen molar-refractivity contribution in [1.29, 1.82) is 0 Å². The van der Waals surface area contributed by atoms with Crippen LogP contribution >= 0.6 is 0 Å². The van der Waals surface area contributed by atoms with Crippen LogP contribution < -0.4 is 10.2 Å². The van der Waals surface area contributed by atoms with Gasteiger partial charge in [-0.15, -0.1) is 0 Å². The van der Waals surface area contributed by atoms with Crippen molar-refractivity contribution in [3.8, 4) is 11.3 Å². The number of aromatic nitrogens is 3. The van der Waals surface area contributed by atoms with E-state index in [1.165, 1.54) is 0 Å². The van der Waals surface area contributed by atoms with Crippen LogP contribution in [-0.2, 0) is 4.79 Å². The Labute approximate surface area is 159 Å². The molecule has 1 amide bonds. The molecule has 0 unspecified atom stereocenters. The zero-order chi connectivity index (χ0) is 18.8. The third kappa shape index (κ3) is 3.79. The van der Waals surface area contributed by atoms with E-state index in [2.05, 4.69) is 33.5 Å². The maximum Gasteiger partial charge on any atom is 0.216 e. The van der Waals surface area contributed by atoms with Crippen molar-refractivity contribution >= 4 is 17.4 Å². The number of piperidine rings is 1. The predicted octanol–water partition coefficient (Wildman–Crippen LogP) is 3.06. The monoisotopic (exact) mass is 363 g/mol. The van der Waals surface area contributed by atoms with Gasteiger partial charge in [-0.1, -0.05) is 30.3 Å². The largest absolute Gasteiger partial charge is 0.356 e. The highest BCUT2D eigenvalue weighted by atomic mass is 16.1. The summed E-state index contributed by atoms with van der Waals surface area (Å²) in [5.41, 5.74) is 3.89. The van der Waals surface area contributed by atoms with E-state index >= 15 is 0 Å². The van der Waals surface area contributed by atoms with Gasteiger partial charge in [-0.2, -0.15) is 9.61 Å². The van der Waals surface area contributed by atoms with Crippen LogP contribution in [0.3, 0.4) is 0 Å². The van der Waals surface area contributed by atoms with Crippen LogP contribution in [0.2, 0.25) is 0 Å². The Balaban J connectivity index is 1.70. The Hall–Kier alpha value is -2.89. The van der Waals surface area contributed by atoms with Crippen molar-refractivity contribution in [3.05, 3.63) is 48.2 Å². The molecule has 27 heavy (non-hydrogen) atoms. The van der Waals surface area contributed by atoms with E-state index in [4.69, 9.17) is 4.98 Å². The lowest BCUT2D eigenvalue weighted by Gasteiger charge is -2.34. The average molecular weight is 363 g/mol. The lowest BCUT2D eigenvalue weighted by atomic mass is 9.98. The molecule has 1 aliphatic rings. The molecule has 0 bridgehead atoms. The van der Waals surface area contributed by atoms with Crippen LogP contribution in [0, 0.1) is 12.8 Å². The molecule has 6 heteroatoms. The van der Waals surface area contributed by atoms with Crippen molar-refractivity contribution in [2.45, 2.75) is 26.7 Å². The Bertz CT molecular complexity index is 950. The maximum atomic E-state index is 11.3. The second-order valence-corrected chi connectivity index (χ2v) is 7.31. The van der Waals surface area contributed by atoms with Gasteiger partial charge in [0.15, 0.2) is 5.65 Å². The minimum Gasteiger partial charge on any atom is -0.356 e. The number of carbonyl (C=O) groups excluding carboxylic acids is 1. The van der Waals surface area contributed by atoms with Crippen molar-refractivity contribution < 1.29 is 4.79 Å². The van der Waals surface area contributed by atoms with Gasteiger partial charge in [0.05, 0.1) is 11.4 Å². The van der Waals surface area contributed by atoms with Gasteiger partial charge in [0.1, 0.15) is 5.82 Å². The lowest BCUT2D eigenvalue weighted by molar-refractivity contribution is -0.119. The van der Waals surface area contributed by atoms with E-state index in [-0.39, 0.29) is 5.91 Å². The molecule has 0 saturated carbocycles. The molecule has 140 valence electrons. The lowest BCUT2D eigenvalue weighted by Crippen LogP contribution is -2.41. The van der Waals surface area contributed by atoms with Crippen LogP contribution in [0.5, 0.6) is 0 Å². The maximum absolute atomic E-state index is 11.3. The number of fused-ring (bicyclic) bond motifs is 1. The van der Waals surface area contributed by atoms with Gasteiger partial charge in [0.25, 0.3) is 0 Å². The standard InChI is InChI=1S/C21H25N5O/c1-15-11-20-23-19(18-8-4-3-5-9-18)12-21(26(20)24-15)25-10-6-7-17(14-25)13-22-16(2)27/h3-5,8-9,11-12,17H,6-7,10,13-14H2,1-2H3,(H,22,27)/t17-/m0/s1. The molecular weight excluding hydrogens is 338 g/mol. The number of carbonyl (C=O) groups is 1. The third-order valence-electron chi connectivity index (χ3n) is 5.08. The van der Waals surface area contributed by atoms with Crippen LogP contribution in [0.15, 0.2) is 42.5 Å². The van der Waals surface area contributed by atoms with Crippen LogP contribution in [0.1, 0.15) is 25.5 Å². The average Bonchev–Trinajstić information content (AvgIpc) is 3.06. The minimum atomic E-state index is 0.0347. The summed E-state index contributed by atoms with van der Waals surface area (Å²) in [5, 5.41) is 7.63. The highest BCUT2D eigenvalue weighted by Crippen LogP contribution is 2.28. The molecule has 3 aromatic rings. The van der Waals surface area contributed by atoms with Crippen molar-refractivity contribution in [3.63, 3.8) is 0 Å². The van der Waals surface area contributed by atoms with Gasteiger partial charge in [0.2, 0.25) is 5.91 Å². The normalized spacial score (nSPS) is 17.3. The second kappa shape index (κ2) is 7.39. The van der Waals surface area contributed by atoms with Crippen LogP contribution in [-0.4, -0.2) is 40.1 Å². The van der Waals surface area contributed by atoms with Gasteiger partial charge in [-0.05, 0) is 25.7 Å². The Morgan fingerprint density at radius 1 is 1.26 bits per heavy atom. The van der Waals surface area contributed by atoms with Gasteiger partial charge in [-0.25, -0.2) is 4.98 Å². The summed E-state index contributed by atoms with van der Waals surface area (Å²) in [6.45, 7) is 6.20. The quantitative estimate of drug-likeness (QED) is 0.774. The summed E-state index contributed by atoms with van der Waals surface area (Å²) in [7, 11) is 0. The summed E-state index contributed by atoms with van der Waals surface area (Å²) in [4.78, 5) is 18.5. The van der Waals surface area contributed by atoms with Crippen LogP contribution in [0.25, 0.3) is 16.9 Å². The van der Waals surface area contributed by atoms with Crippen molar-refractivity contribution in [2.75, 3.05) is 24.5 Å². The fourth-order valence-corrected chi connectivity index (χ4v) is 3.78. The fraction of sp³-hybridized carbons (Fsp3) is 0.381. The number of aryl methyl sites for hydroxylation is 1. The molecule has 1 aliphatic heterocycles. The summed E-state index contributed by atoms with van der Waals surface area (Å²) in [5.74, 6) is 1.55. The molecule has 4 rings (SSSR count). The molecule has 1 N–H and O–H groups in total. The number of nitrogens with one attached hydrogen (secondary N) is 1. The fourth-order valence-electron chi connectivity index (χ4n) is 3.78. The smallest absolute Gasteiger partial charge is 0.216 e. The van der Waals surface area contributed by atoms with E-state index in [1.807, 2.05) is 35.7 Å². The van der Waals surface area contributed by atoms with Gasteiger partial charge in [0, 0.05) is 44.3 Å². The number of nitrogens with zero attached hydrogens (tertiary/aromatic N) is 4. The number of hydrogen-bond donors (Lipinski definition) is 1. The van der Waals surface area contributed by atoms with E-state index in [0.29, 0.717) is 5.92 Å². The first-order valence-electron chi connectivity index (χ1n) is 9.52. The zero-order valence-electron chi connectivity index (χ0n) is 15.9. The number of rotatable bonds is 4. The molecule has 1 atom stereocenters.